The molecule has 0 spiro atoms. The molecule has 14 heavy (non-hydrogen) atoms. The molecule has 0 aromatic rings. The van der Waals surface area contributed by atoms with E-state index in [2.05, 4.69) is 44.5 Å². The van der Waals surface area contributed by atoms with Crippen molar-refractivity contribution in [2.75, 3.05) is 33.2 Å². The summed E-state index contributed by atoms with van der Waals surface area (Å²) in [5.41, 5.74) is 0. The van der Waals surface area contributed by atoms with Gasteiger partial charge in [0, 0.05) is 6.04 Å². The van der Waals surface area contributed by atoms with Gasteiger partial charge in [0.1, 0.15) is 0 Å². The molecular formula is C12H28N2. The molecule has 0 heterocycles. The fourth-order valence-electron chi connectivity index (χ4n) is 1.65. The Balaban J connectivity index is 3.67. The van der Waals surface area contributed by atoms with E-state index < -0.39 is 0 Å². The second-order valence-corrected chi connectivity index (χ2v) is 4.15. The molecule has 0 fully saturated rings. The number of rotatable bonds is 8. The van der Waals surface area contributed by atoms with Crippen LogP contribution in [0.1, 0.15) is 40.5 Å². The highest BCUT2D eigenvalue weighted by Gasteiger charge is 2.08. The minimum absolute atomic E-state index is 0.714. The average Bonchev–Trinajstić information content (AvgIpc) is 2.22. The maximum Gasteiger partial charge on any atom is 0.00759 e. The number of hydrogen-bond acceptors (Lipinski definition) is 2. The molecule has 86 valence electrons. The zero-order valence-electron chi connectivity index (χ0n) is 10.7. The molecule has 0 aliphatic rings. The van der Waals surface area contributed by atoms with Crippen molar-refractivity contribution >= 4 is 0 Å². The summed E-state index contributed by atoms with van der Waals surface area (Å²) >= 11 is 0. The fourth-order valence-corrected chi connectivity index (χ4v) is 1.65. The predicted molar refractivity (Wildman–Crippen MR) is 64.8 cm³/mol. The van der Waals surface area contributed by atoms with Gasteiger partial charge in [0.05, 0.1) is 0 Å². The van der Waals surface area contributed by atoms with Crippen molar-refractivity contribution in [2.45, 2.75) is 46.6 Å². The van der Waals surface area contributed by atoms with Crippen LogP contribution in [0.25, 0.3) is 0 Å². The average molecular weight is 200 g/mol. The quantitative estimate of drug-likeness (QED) is 0.594. The highest BCUT2D eigenvalue weighted by molar-refractivity contribution is 4.65. The van der Waals surface area contributed by atoms with Crippen molar-refractivity contribution in [3.05, 3.63) is 0 Å². The number of nitrogens with zero attached hydrogens (tertiary/aromatic N) is 2. The Labute approximate surface area is 90.3 Å². The lowest BCUT2D eigenvalue weighted by molar-refractivity contribution is 0.212. The molecule has 0 amide bonds. The third-order valence-electron chi connectivity index (χ3n) is 3.10. The van der Waals surface area contributed by atoms with Crippen LogP contribution in [-0.4, -0.2) is 49.1 Å². The van der Waals surface area contributed by atoms with E-state index in [1.54, 1.807) is 0 Å². The van der Waals surface area contributed by atoms with Gasteiger partial charge in [0.25, 0.3) is 0 Å². The zero-order chi connectivity index (χ0) is 11.0. The molecule has 0 aliphatic heterocycles. The van der Waals surface area contributed by atoms with Crippen LogP contribution in [0, 0.1) is 0 Å². The van der Waals surface area contributed by atoms with Gasteiger partial charge in [-0.3, -0.25) is 0 Å². The monoisotopic (exact) mass is 200 g/mol. The van der Waals surface area contributed by atoms with Crippen LogP contribution in [0.4, 0.5) is 0 Å². The van der Waals surface area contributed by atoms with Gasteiger partial charge >= 0.3 is 0 Å². The number of hydrogen-bond donors (Lipinski definition) is 0. The Bertz CT molecular complexity index is 123. The Morgan fingerprint density at radius 1 is 1.00 bits per heavy atom. The molecule has 0 saturated carbocycles. The summed E-state index contributed by atoms with van der Waals surface area (Å²) in [7, 11) is 2.21. The molecule has 0 aromatic carbocycles. The van der Waals surface area contributed by atoms with Crippen molar-refractivity contribution < 1.29 is 0 Å². The summed E-state index contributed by atoms with van der Waals surface area (Å²) in [4.78, 5) is 4.96. The summed E-state index contributed by atoms with van der Waals surface area (Å²) in [6.45, 7) is 13.9. The molecule has 0 rings (SSSR count). The van der Waals surface area contributed by atoms with E-state index in [0.29, 0.717) is 6.04 Å². The standard InChI is InChI=1S/C12H28N2/c1-6-10-14(8-3)11-9-12(4)13(5)7-2/h12H,6-11H2,1-5H3. The van der Waals surface area contributed by atoms with Gasteiger partial charge < -0.3 is 9.80 Å². The second kappa shape index (κ2) is 8.25. The molecule has 0 saturated heterocycles. The van der Waals surface area contributed by atoms with Crippen molar-refractivity contribution in [3.63, 3.8) is 0 Å². The normalized spacial score (nSPS) is 13.9. The Hall–Kier alpha value is -0.0800. The van der Waals surface area contributed by atoms with Crippen LogP contribution in [0.3, 0.4) is 0 Å². The Kier molecular flexibility index (Phi) is 8.20. The summed E-state index contributed by atoms with van der Waals surface area (Å²) < 4.78 is 0. The summed E-state index contributed by atoms with van der Waals surface area (Å²) in [5.74, 6) is 0. The van der Waals surface area contributed by atoms with Gasteiger partial charge in [-0.25, -0.2) is 0 Å². The lowest BCUT2D eigenvalue weighted by Crippen LogP contribution is -2.34. The maximum atomic E-state index is 2.54. The summed E-state index contributed by atoms with van der Waals surface area (Å²) in [5, 5.41) is 0. The first-order valence-corrected chi connectivity index (χ1v) is 6.08. The predicted octanol–water partition coefficient (Wildman–Crippen LogP) is 2.45. The van der Waals surface area contributed by atoms with Gasteiger partial charge in [0.15, 0.2) is 0 Å². The van der Waals surface area contributed by atoms with Crippen LogP contribution < -0.4 is 0 Å². The van der Waals surface area contributed by atoms with Crippen molar-refractivity contribution in [1.82, 2.24) is 9.80 Å². The first-order chi connectivity index (χ1) is 6.65. The van der Waals surface area contributed by atoms with Gasteiger partial charge in [-0.1, -0.05) is 20.8 Å². The first kappa shape index (κ1) is 13.9. The smallest absolute Gasteiger partial charge is 0.00759 e. The fraction of sp³-hybridized carbons (Fsp3) is 1.00. The van der Waals surface area contributed by atoms with Crippen molar-refractivity contribution in [2.24, 2.45) is 0 Å². The molecule has 0 bridgehead atoms. The van der Waals surface area contributed by atoms with Crippen LogP contribution in [0.15, 0.2) is 0 Å². The minimum atomic E-state index is 0.714. The Morgan fingerprint density at radius 3 is 2.07 bits per heavy atom. The molecule has 1 unspecified atom stereocenters. The van der Waals surface area contributed by atoms with Gasteiger partial charge in [-0.05, 0) is 53.0 Å². The molecule has 2 nitrogen and oxygen atoms in total. The van der Waals surface area contributed by atoms with E-state index in [1.807, 2.05) is 0 Å². The lowest BCUT2D eigenvalue weighted by atomic mass is 10.2. The first-order valence-electron chi connectivity index (χ1n) is 6.08. The third-order valence-corrected chi connectivity index (χ3v) is 3.10. The van der Waals surface area contributed by atoms with E-state index in [1.165, 1.54) is 32.5 Å². The molecule has 0 N–H and O–H groups in total. The van der Waals surface area contributed by atoms with Crippen molar-refractivity contribution in [3.8, 4) is 0 Å². The third kappa shape index (κ3) is 5.61. The van der Waals surface area contributed by atoms with Crippen LogP contribution in [0.2, 0.25) is 0 Å². The molecule has 1 atom stereocenters. The lowest BCUT2D eigenvalue weighted by Gasteiger charge is -2.26. The molecule has 0 aliphatic carbocycles. The highest BCUT2D eigenvalue weighted by atomic mass is 15.1. The van der Waals surface area contributed by atoms with E-state index in [4.69, 9.17) is 0 Å². The van der Waals surface area contributed by atoms with E-state index in [9.17, 15) is 0 Å². The molecule has 2 heteroatoms. The van der Waals surface area contributed by atoms with Gasteiger partial charge in [-0.15, -0.1) is 0 Å². The van der Waals surface area contributed by atoms with Gasteiger partial charge in [0.2, 0.25) is 0 Å². The Morgan fingerprint density at radius 2 is 1.64 bits per heavy atom. The van der Waals surface area contributed by atoms with Crippen molar-refractivity contribution in [1.29, 1.82) is 0 Å². The topological polar surface area (TPSA) is 6.48 Å². The van der Waals surface area contributed by atoms with E-state index in [0.717, 1.165) is 6.54 Å². The molecular weight excluding hydrogens is 172 g/mol. The highest BCUT2D eigenvalue weighted by Crippen LogP contribution is 2.03. The van der Waals surface area contributed by atoms with Crippen LogP contribution in [0.5, 0.6) is 0 Å². The maximum absolute atomic E-state index is 2.54. The van der Waals surface area contributed by atoms with Gasteiger partial charge in [-0.2, -0.15) is 0 Å². The SMILES string of the molecule is CCCN(CC)CCC(C)N(C)CC. The zero-order valence-corrected chi connectivity index (χ0v) is 10.7. The van der Waals surface area contributed by atoms with Crippen LogP contribution >= 0.6 is 0 Å². The van der Waals surface area contributed by atoms with E-state index in [-0.39, 0.29) is 0 Å². The second-order valence-electron chi connectivity index (χ2n) is 4.15. The summed E-state index contributed by atoms with van der Waals surface area (Å²) in [6.07, 6.45) is 2.56. The largest absolute Gasteiger partial charge is 0.304 e. The minimum Gasteiger partial charge on any atom is -0.304 e. The molecule has 0 radical (unpaired) electrons. The summed E-state index contributed by atoms with van der Waals surface area (Å²) in [6, 6.07) is 0.714. The molecule has 0 aromatic heterocycles. The van der Waals surface area contributed by atoms with Crippen LogP contribution in [-0.2, 0) is 0 Å². The van der Waals surface area contributed by atoms with E-state index >= 15 is 0 Å².